The second kappa shape index (κ2) is 9.29. The molecule has 2 amide bonds. The molecule has 2 aromatic rings. The number of hydrogen-bond donors (Lipinski definition) is 4. The third-order valence-corrected chi connectivity index (χ3v) is 4.68. The fraction of sp³-hybridized carbons (Fsp3) is 0.238. The zero-order chi connectivity index (χ0) is 21.7. The van der Waals surface area contributed by atoms with Crippen molar-refractivity contribution in [3.8, 4) is 0 Å². The van der Waals surface area contributed by atoms with Crippen LogP contribution < -0.4 is 16.0 Å². The Morgan fingerprint density at radius 2 is 2.07 bits per heavy atom. The van der Waals surface area contributed by atoms with Gasteiger partial charge in [-0.25, -0.2) is 0 Å². The van der Waals surface area contributed by atoms with E-state index in [1.54, 1.807) is 36.4 Å². The van der Waals surface area contributed by atoms with E-state index in [9.17, 15) is 19.5 Å². The molecule has 156 valence electrons. The molecular formula is C21H22N4O5. The summed E-state index contributed by atoms with van der Waals surface area (Å²) in [5, 5.41) is 20.3. The number of aldehydes is 1. The summed E-state index contributed by atoms with van der Waals surface area (Å²) in [6.45, 7) is 0.409. The number of amides is 2. The van der Waals surface area contributed by atoms with E-state index in [2.05, 4.69) is 5.32 Å². The van der Waals surface area contributed by atoms with Gasteiger partial charge in [0.05, 0.1) is 6.61 Å². The lowest BCUT2D eigenvalue weighted by Gasteiger charge is -2.34. The summed E-state index contributed by atoms with van der Waals surface area (Å²) < 4.78 is 5.39. The van der Waals surface area contributed by atoms with Gasteiger partial charge < -0.3 is 30.6 Å². The van der Waals surface area contributed by atoms with Crippen molar-refractivity contribution in [1.29, 1.82) is 5.41 Å². The molecule has 3 rings (SSSR count). The predicted molar refractivity (Wildman–Crippen MR) is 110 cm³/mol. The zero-order valence-corrected chi connectivity index (χ0v) is 16.1. The molecule has 1 aliphatic heterocycles. The highest BCUT2D eigenvalue weighted by atomic mass is 16.5. The van der Waals surface area contributed by atoms with Crippen LogP contribution in [0.15, 0.2) is 48.5 Å². The quantitative estimate of drug-likeness (QED) is 0.296. The summed E-state index contributed by atoms with van der Waals surface area (Å²) in [5.41, 5.74) is 7.59. The average Bonchev–Trinajstić information content (AvgIpc) is 2.74. The Morgan fingerprint density at radius 3 is 2.73 bits per heavy atom. The minimum atomic E-state index is -1.72. The van der Waals surface area contributed by atoms with E-state index in [1.165, 1.54) is 17.0 Å². The minimum Gasteiger partial charge on any atom is -0.384 e. The fourth-order valence-corrected chi connectivity index (χ4v) is 3.12. The Kier molecular flexibility index (Phi) is 6.55. The number of nitrogens with zero attached hydrogens (tertiary/aromatic N) is 1. The molecule has 0 bridgehead atoms. The smallest absolute Gasteiger partial charge is 0.259 e. The van der Waals surface area contributed by atoms with Crippen molar-refractivity contribution in [1.82, 2.24) is 0 Å². The van der Waals surface area contributed by atoms with Crippen molar-refractivity contribution in [2.24, 2.45) is 5.73 Å². The van der Waals surface area contributed by atoms with Crippen molar-refractivity contribution in [3.63, 3.8) is 0 Å². The molecule has 1 heterocycles. The summed E-state index contributed by atoms with van der Waals surface area (Å²) in [7, 11) is 0. The number of aliphatic hydroxyl groups is 1. The van der Waals surface area contributed by atoms with Gasteiger partial charge >= 0.3 is 0 Å². The Morgan fingerprint density at radius 1 is 1.33 bits per heavy atom. The molecule has 1 fully saturated rings. The van der Waals surface area contributed by atoms with E-state index in [1.807, 2.05) is 0 Å². The van der Waals surface area contributed by atoms with Crippen LogP contribution in [-0.4, -0.2) is 54.4 Å². The van der Waals surface area contributed by atoms with Crippen LogP contribution in [0, 0.1) is 5.41 Å². The number of amidine groups is 1. The van der Waals surface area contributed by atoms with E-state index in [-0.39, 0.29) is 25.4 Å². The highest BCUT2D eigenvalue weighted by Crippen LogP contribution is 2.22. The summed E-state index contributed by atoms with van der Waals surface area (Å²) in [5.74, 6) is -1.44. The summed E-state index contributed by atoms with van der Waals surface area (Å²) >= 11 is 0. The van der Waals surface area contributed by atoms with E-state index < -0.39 is 24.0 Å². The maximum absolute atomic E-state index is 12.9. The molecule has 0 aliphatic carbocycles. The molecule has 0 spiro atoms. The monoisotopic (exact) mass is 410 g/mol. The van der Waals surface area contributed by atoms with Gasteiger partial charge in [-0.05, 0) is 42.0 Å². The number of nitrogen functional groups attached to an aromatic ring is 1. The number of anilines is 2. The van der Waals surface area contributed by atoms with Crippen LogP contribution in [0.1, 0.15) is 11.1 Å². The normalized spacial score (nSPS) is 17.3. The second-order valence-electron chi connectivity index (χ2n) is 6.75. The Labute approximate surface area is 172 Å². The number of nitrogens with two attached hydrogens (primary N) is 1. The number of morpholine rings is 1. The number of rotatable bonds is 7. The van der Waals surface area contributed by atoms with E-state index in [0.29, 0.717) is 16.9 Å². The van der Waals surface area contributed by atoms with Gasteiger partial charge in [-0.3, -0.25) is 15.0 Å². The number of benzene rings is 2. The molecule has 1 aliphatic rings. The van der Waals surface area contributed by atoms with Crippen LogP contribution >= 0.6 is 0 Å². The molecule has 0 saturated carbocycles. The molecule has 0 aromatic heterocycles. The molecule has 0 radical (unpaired) electrons. The molecule has 9 nitrogen and oxygen atoms in total. The van der Waals surface area contributed by atoms with Crippen molar-refractivity contribution in [2.45, 2.75) is 18.6 Å². The van der Waals surface area contributed by atoms with Crippen LogP contribution in [0.2, 0.25) is 0 Å². The first-order valence-corrected chi connectivity index (χ1v) is 9.29. The Hall–Kier alpha value is -3.56. The van der Waals surface area contributed by atoms with E-state index in [4.69, 9.17) is 15.9 Å². The highest BCUT2D eigenvalue weighted by molar-refractivity contribution is 6.04. The number of carbonyl (C=O) groups excluding carboxylic acids is 3. The van der Waals surface area contributed by atoms with Gasteiger partial charge in [0.25, 0.3) is 11.8 Å². The summed E-state index contributed by atoms with van der Waals surface area (Å²) in [6, 6.07) is 13.1. The van der Waals surface area contributed by atoms with E-state index >= 15 is 0 Å². The van der Waals surface area contributed by atoms with Crippen molar-refractivity contribution >= 4 is 35.3 Å². The molecule has 9 heteroatoms. The third kappa shape index (κ3) is 4.70. The Balaban J connectivity index is 1.70. The zero-order valence-electron chi connectivity index (χ0n) is 16.1. The van der Waals surface area contributed by atoms with Crippen LogP contribution in [-0.2, 0) is 25.5 Å². The van der Waals surface area contributed by atoms with Crippen molar-refractivity contribution in [2.75, 3.05) is 23.4 Å². The number of aliphatic hydroxyl groups excluding tert-OH is 1. The predicted octanol–water partition coefficient (Wildman–Crippen LogP) is 0.443. The first kappa shape index (κ1) is 21.2. The first-order chi connectivity index (χ1) is 14.4. The van der Waals surface area contributed by atoms with Gasteiger partial charge in [0.2, 0.25) is 0 Å². The van der Waals surface area contributed by atoms with E-state index in [0.717, 1.165) is 11.8 Å². The standard InChI is InChI=1S/C21H22N4O5/c22-19(23)14-4-6-15(7-5-14)24-20(28)17(27)18-21(29)25(9-11-30-18)16-3-1-2-13(12-16)8-10-26/h1-7,10,12,17-18,27H,8-9,11H2,(H3,22,23)(H,24,28)/t17-,18-/m1/s1. The highest BCUT2D eigenvalue weighted by Gasteiger charge is 2.39. The molecule has 30 heavy (non-hydrogen) atoms. The number of hydrogen-bond acceptors (Lipinski definition) is 6. The fourth-order valence-electron chi connectivity index (χ4n) is 3.12. The van der Waals surface area contributed by atoms with Gasteiger partial charge in [-0.2, -0.15) is 0 Å². The number of ether oxygens (including phenoxy) is 1. The molecule has 2 aromatic carbocycles. The van der Waals surface area contributed by atoms with Gasteiger partial charge in [0.15, 0.2) is 12.2 Å². The van der Waals surface area contributed by atoms with Gasteiger partial charge in [0.1, 0.15) is 12.1 Å². The van der Waals surface area contributed by atoms with Gasteiger partial charge in [-0.15, -0.1) is 0 Å². The van der Waals surface area contributed by atoms with Crippen LogP contribution in [0.5, 0.6) is 0 Å². The molecule has 5 N–H and O–H groups in total. The van der Waals surface area contributed by atoms with Crippen molar-refractivity contribution < 1.29 is 24.2 Å². The molecule has 2 atom stereocenters. The van der Waals surface area contributed by atoms with Crippen molar-refractivity contribution in [3.05, 3.63) is 59.7 Å². The van der Waals surface area contributed by atoms with Crippen LogP contribution in [0.3, 0.4) is 0 Å². The second-order valence-corrected chi connectivity index (χ2v) is 6.75. The molecule has 1 saturated heterocycles. The lowest BCUT2D eigenvalue weighted by atomic mass is 10.1. The molecule has 0 unspecified atom stereocenters. The maximum Gasteiger partial charge on any atom is 0.259 e. The largest absolute Gasteiger partial charge is 0.384 e. The maximum atomic E-state index is 12.9. The SMILES string of the molecule is N=C(N)c1ccc(NC(=O)[C@H](O)[C@H]2OCCN(c3cccc(CC=O)c3)C2=O)cc1. The topological polar surface area (TPSA) is 146 Å². The molecular weight excluding hydrogens is 388 g/mol. The minimum absolute atomic E-state index is 0.105. The third-order valence-electron chi connectivity index (χ3n) is 4.68. The Bertz CT molecular complexity index is 960. The van der Waals surface area contributed by atoms with Crippen LogP contribution in [0.25, 0.3) is 0 Å². The number of carbonyl (C=O) groups is 3. The first-order valence-electron chi connectivity index (χ1n) is 9.29. The summed E-state index contributed by atoms with van der Waals surface area (Å²) in [4.78, 5) is 37.5. The van der Waals surface area contributed by atoms with Gasteiger partial charge in [0, 0.05) is 29.9 Å². The lowest BCUT2D eigenvalue weighted by Crippen LogP contribution is -2.55. The average molecular weight is 410 g/mol. The van der Waals surface area contributed by atoms with Crippen LogP contribution in [0.4, 0.5) is 11.4 Å². The van der Waals surface area contributed by atoms with Gasteiger partial charge in [-0.1, -0.05) is 12.1 Å². The lowest BCUT2D eigenvalue weighted by molar-refractivity contribution is -0.150. The summed E-state index contributed by atoms with van der Waals surface area (Å²) in [6.07, 6.45) is -2.07. The number of nitrogens with one attached hydrogen (secondary N) is 2.